The Labute approximate surface area is 219 Å². The largest absolute Gasteiger partial charge is 0.445 e. The summed E-state index contributed by atoms with van der Waals surface area (Å²) in [5.74, 6) is 0. The highest BCUT2D eigenvalue weighted by atomic mass is 16.6. The van der Waals surface area contributed by atoms with Gasteiger partial charge in [0.2, 0.25) is 0 Å². The highest BCUT2D eigenvalue weighted by Crippen LogP contribution is 2.30. The van der Waals surface area contributed by atoms with Crippen LogP contribution < -0.4 is 5.32 Å². The average Bonchev–Trinajstić information content (AvgIpc) is 3.19. The Morgan fingerprint density at radius 2 is 1.38 bits per heavy atom. The zero-order valence-corrected chi connectivity index (χ0v) is 22.1. The molecule has 0 radical (unpaired) electrons. The zero-order chi connectivity index (χ0) is 26.6. The first kappa shape index (κ1) is 29.0. The van der Waals surface area contributed by atoms with Crippen LogP contribution in [-0.2, 0) is 36.7 Å². The Morgan fingerprint density at radius 1 is 0.865 bits per heavy atom. The van der Waals surface area contributed by atoms with Crippen LogP contribution in [0, 0.1) is 0 Å². The molecule has 9 nitrogen and oxygen atoms in total. The van der Waals surface area contributed by atoms with Crippen LogP contribution in [0.1, 0.15) is 11.1 Å². The molecule has 0 bridgehead atoms. The molecule has 1 fully saturated rings. The van der Waals surface area contributed by atoms with Gasteiger partial charge in [0.1, 0.15) is 18.8 Å². The molecule has 1 amide bonds. The smallest absolute Gasteiger partial charge is 0.407 e. The second-order valence-corrected chi connectivity index (χ2v) is 9.21. The highest BCUT2D eigenvalue weighted by molar-refractivity contribution is 5.67. The SMILES string of the molecule is COC[C@@H]1[C@@H](OC)[C@H](OC)[C@H](COC)N1C[C@@H](O)[C@H](Cc1ccccc1)NC(=O)OCc1ccccc1. The first-order valence-electron chi connectivity index (χ1n) is 12.5. The maximum absolute atomic E-state index is 12.8. The lowest BCUT2D eigenvalue weighted by molar-refractivity contribution is -0.0418. The summed E-state index contributed by atoms with van der Waals surface area (Å²) >= 11 is 0. The van der Waals surface area contributed by atoms with E-state index in [0.717, 1.165) is 11.1 Å². The van der Waals surface area contributed by atoms with Gasteiger partial charge in [-0.2, -0.15) is 0 Å². The van der Waals surface area contributed by atoms with E-state index in [1.54, 1.807) is 28.4 Å². The second kappa shape index (κ2) is 15.0. The fourth-order valence-electron chi connectivity index (χ4n) is 5.05. The number of nitrogens with one attached hydrogen (secondary N) is 1. The molecule has 0 aliphatic carbocycles. The van der Waals surface area contributed by atoms with E-state index in [0.29, 0.717) is 19.6 Å². The van der Waals surface area contributed by atoms with Gasteiger partial charge in [-0.1, -0.05) is 60.7 Å². The maximum Gasteiger partial charge on any atom is 0.407 e. The van der Waals surface area contributed by atoms with Crippen molar-refractivity contribution in [2.45, 2.75) is 49.5 Å². The molecule has 2 aromatic carbocycles. The number of amides is 1. The number of alkyl carbamates (subject to hydrolysis) is 1. The summed E-state index contributed by atoms with van der Waals surface area (Å²) in [4.78, 5) is 14.9. The summed E-state index contributed by atoms with van der Waals surface area (Å²) in [5.41, 5.74) is 1.87. The molecule has 2 N–H and O–H groups in total. The number of aliphatic hydroxyl groups excluding tert-OH is 1. The Bertz CT molecular complexity index is 897. The lowest BCUT2D eigenvalue weighted by Gasteiger charge is -2.34. The summed E-state index contributed by atoms with van der Waals surface area (Å²) in [5, 5.41) is 14.4. The number of aliphatic hydroxyl groups is 1. The minimum Gasteiger partial charge on any atom is -0.445 e. The minimum atomic E-state index is -0.920. The number of hydrogen-bond acceptors (Lipinski definition) is 8. The van der Waals surface area contributed by atoms with Crippen LogP contribution in [-0.4, -0.2) is 101 Å². The van der Waals surface area contributed by atoms with Crippen molar-refractivity contribution in [2.24, 2.45) is 0 Å². The van der Waals surface area contributed by atoms with Gasteiger partial charge >= 0.3 is 6.09 Å². The maximum atomic E-state index is 12.8. The number of carbonyl (C=O) groups is 1. The number of ether oxygens (including phenoxy) is 5. The van der Waals surface area contributed by atoms with Crippen molar-refractivity contribution in [3.63, 3.8) is 0 Å². The Morgan fingerprint density at radius 3 is 1.86 bits per heavy atom. The molecule has 1 aliphatic heterocycles. The van der Waals surface area contributed by atoms with Gasteiger partial charge in [0.05, 0.1) is 37.4 Å². The molecule has 0 saturated carbocycles. The number of β-amino-alcohol motifs (C(OH)–C–C–N with tert-alkyl or cyclic N) is 1. The Kier molecular flexibility index (Phi) is 11.8. The Balaban J connectivity index is 1.77. The average molecular weight is 517 g/mol. The third-order valence-corrected chi connectivity index (χ3v) is 6.83. The molecule has 0 unspecified atom stereocenters. The van der Waals surface area contributed by atoms with Crippen molar-refractivity contribution in [1.82, 2.24) is 10.2 Å². The number of hydrogen-bond donors (Lipinski definition) is 2. The van der Waals surface area contributed by atoms with E-state index in [-0.39, 0.29) is 37.4 Å². The van der Waals surface area contributed by atoms with E-state index in [2.05, 4.69) is 10.2 Å². The van der Waals surface area contributed by atoms with Crippen LogP contribution in [0.25, 0.3) is 0 Å². The minimum absolute atomic E-state index is 0.143. The van der Waals surface area contributed by atoms with Gasteiger partial charge in [0, 0.05) is 35.0 Å². The first-order valence-corrected chi connectivity index (χ1v) is 12.5. The molecule has 37 heavy (non-hydrogen) atoms. The van der Waals surface area contributed by atoms with Gasteiger partial charge in [-0.15, -0.1) is 0 Å². The summed E-state index contributed by atoms with van der Waals surface area (Å²) in [6.45, 7) is 1.17. The molecule has 1 saturated heterocycles. The van der Waals surface area contributed by atoms with Crippen LogP contribution in [0.3, 0.4) is 0 Å². The number of benzene rings is 2. The van der Waals surface area contributed by atoms with Gasteiger partial charge < -0.3 is 34.1 Å². The normalized spacial score (nSPS) is 23.5. The van der Waals surface area contributed by atoms with Gasteiger partial charge in [-0.05, 0) is 17.5 Å². The fraction of sp³-hybridized carbons (Fsp3) is 0.536. The van der Waals surface area contributed by atoms with Crippen molar-refractivity contribution in [3.8, 4) is 0 Å². The predicted molar refractivity (Wildman–Crippen MR) is 139 cm³/mol. The molecule has 6 atom stereocenters. The second-order valence-electron chi connectivity index (χ2n) is 9.21. The molecule has 2 aromatic rings. The fourth-order valence-corrected chi connectivity index (χ4v) is 5.05. The van der Waals surface area contributed by atoms with Gasteiger partial charge in [-0.3, -0.25) is 4.90 Å². The molecule has 9 heteroatoms. The molecule has 1 heterocycles. The number of methoxy groups -OCH3 is 4. The molecular weight excluding hydrogens is 476 g/mol. The van der Waals surface area contributed by atoms with Crippen LogP contribution in [0.2, 0.25) is 0 Å². The molecule has 1 aliphatic rings. The number of carbonyl (C=O) groups excluding carboxylic acids is 1. The van der Waals surface area contributed by atoms with Crippen molar-refractivity contribution in [2.75, 3.05) is 48.2 Å². The van der Waals surface area contributed by atoms with E-state index in [1.807, 2.05) is 60.7 Å². The number of likely N-dealkylation sites (tertiary alicyclic amines) is 1. The van der Waals surface area contributed by atoms with Crippen molar-refractivity contribution in [1.29, 1.82) is 0 Å². The molecule has 0 spiro atoms. The lowest BCUT2D eigenvalue weighted by Crippen LogP contribution is -2.54. The van der Waals surface area contributed by atoms with E-state index >= 15 is 0 Å². The molecule has 0 aromatic heterocycles. The van der Waals surface area contributed by atoms with E-state index < -0.39 is 18.2 Å². The van der Waals surface area contributed by atoms with Gasteiger partial charge in [0.15, 0.2) is 0 Å². The van der Waals surface area contributed by atoms with E-state index in [1.165, 1.54) is 0 Å². The summed E-state index contributed by atoms with van der Waals surface area (Å²) in [6.07, 6.45) is -1.61. The van der Waals surface area contributed by atoms with E-state index in [9.17, 15) is 9.90 Å². The van der Waals surface area contributed by atoms with Crippen LogP contribution in [0.4, 0.5) is 4.79 Å². The predicted octanol–water partition coefficient (Wildman–Crippen LogP) is 2.26. The monoisotopic (exact) mass is 516 g/mol. The van der Waals surface area contributed by atoms with Crippen LogP contribution >= 0.6 is 0 Å². The van der Waals surface area contributed by atoms with Crippen LogP contribution in [0.15, 0.2) is 60.7 Å². The van der Waals surface area contributed by atoms with E-state index in [4.69, 9.17) is 23.7 Å². The third kappa shape index (κ3) is 7.98. The summed E-state index contributed by atoms with van der Waals surface area (Å²) in [6, 6.07) is 18.3. The van der Waals surface area contributed by atoms with Gasteiger partial charge in [0.25, 0.3) is 0 Å². The summed E-state index contributed by atoms with van der Waals surface area (Å²) in [7, 11) is 6.56. The number of rotatable bonds is 14. The highest BCUT2D eigenvalue weighted by Gasteiger charge is 2.50. The number of nitrogens with zero attached hydrogens (tertiary/aromatic N) is 1. The van der Waals surface area contributed by atoms with Gasteiger partial charge in [-0.25, -0.2) is 4.79 Å². The third-order valence-electron chi connectivity index (χ3n) is 6.83. The van der Waals surface area contributed by atoms with Crippen molar-refractivity contribution >= 4 is 6.09 Å². The quantitative estimate of drug-likeness (QED) is 0.395. The summed E-state index contributed by atoms with van der Waals surface area (Å²) < 4.78 is 28.0. The van der Waals surface area contributed by atoms with Crippen molar-refractivity contribution < 1.29 is 33.6 Å². The Hall–Kier alpha value is -2.53. The molecule has 3 rings (SSSR count). The lowest BCUT2D eigenvalue weighted by atomic mass is 10.0. The zero-order valence-electron chi connectivity index (χ0n) is 22.1. The van der Waals surface area contributed by atoms with Crippen molar-refractivity contribution in [3.05, 3.63) is 71.8 Å². The standard InChI is InChI=1S/C28H40N2O7/c1-33-18-23-26(35-3)27(36-4)24(19-34-2)30(23)16-25(31)22(15-20-11-7-5-8-12-20)29-28(32)37-17-21-13-9-6-10-14-21/h5-14,22-27,31H,15-19H2,1-4H3,(H,29,32)/t22-,23-,24+,25+,26+,27+/m0/s1. The topological polar surface area (TPSA) is 98.7 Å². The first-order chi connectivity index (χ1) is 18.0. The van der Waals surface area contributed by atoms with Crippen LogP contribution in [0.5, 0.6) is 0 Å². The molecular formula is C28H40N2O7. The molecule has 204 valence electrons.